The van der Waals surface area contributed by atoms with E-state index in [2.05, 4.69) is 0 Å². The van der Waals surface area contributed by atoms with Crippen LogP contribution in [0.15, 0.2) is 0 Å². The Balaban J connectivity index is -0.0000000267. The molecule has 0 atom stereocenters. The summed E-state index contributed by atoms with van der Waals surface area (Å²) < 4.78 is 8.55. The maximum absolute atomic E-state index is 8.55. The van der Waals surface area contributed by atoms with Gasteiger partial charge in [0, 0.05) is 22.4 Å². The Bertz CT molecular complexity index is 62.2. The molecule has 0 spiro atoms. The van der Waals surface area contributed by atoms with Gasteiger partial charge in [-0.15, -0.1) is 0 Å². The second kappa shape index (κ2) is 9.15. The van der Waals surface area contributed by atoms with Gasteiger partial charge in [0.1, 0.15) is 0 Å². The Morgan fingerprint density at radius 3 is 1.12 bits per heavy atom. The average molecular weight is 256 g/mol. The van der Waals surface area contributed by atoms with Crippen LogP contribution in [0.25, 0.3) is 0 Å². The smallest absolute Gasteiger partial charge is 0.822 e. The minimum absolute atomic E-state index is 0. The Kier molecular flexibility index (Phi) is 25.7. The molecular weight excluding hydrogens is 254 g/mol. The Hall–Kier alpha value is 2.15. The summed E-state index contributed by atoms with van der Waals surface area (Å²) in [4.78, 5) is 25.6. The van der Waals surface area contributed by atoms with Crippen molar-refractivity contribution in [2.24, 2.45) is 0 Å². The van der Waals surface area contributed by atoms with Gasteiger partial charge in [-0.1, -0.05) is 0 Å². The van der Waals surface area contributed by atoms with E-state index in [4.69, 9.17) is 19.2 Å². The zero-order valence-corrected chi connectivity index (χ0v) is 6.49. The molecule has 0 heterocycles. The van der Waals surface area contributed by atoms with Gasteiger partial charge in [0.05, 0.1) is 0 Å². The topological polar surface area (TPSA) is 86.2 Å². The van der Waals surface area contributed by atoms with Gasteiger partial charge in [0.15, 0.2) is 0 Å². The minimum Gasteiger partial charge on any atom is -0.822 e. The summed E-state index contributed by atoms with van der Waals surface area (Å²) in [5.41, 5.74) is 0. The van der Waals surface area contributed by atoms with Gasteiger partial charge >= 0.3 is 40.4 Å². The molecule has 0 aliphatic carbocycles. The molecule has 8 heavy (non-hydrogen) atoms. The van der Waals surface area contributed by atoms with Crippen molar-refractivity contribution >= 4 is 48.2 Å². The minimum atomic E-state index is -5.39. The molecule has 0 aromatic carbocycles. The molecule has 0 aromatic rings. The summed E-state index contributed by atoms with van der Waals surface area (Å²) in [6, 6.07) is 0. The van der Waals surface area contributed by atoms with Crippen LogP contribution in [0.4, 0.5) is 0 Å². The van der Waals surface area contributed by atoms with Crippen LogP contribution in [0.2, 0.25) is 0 Å². The van der Waals surface area contributed by atoms with Crippen LogP contribution >= 0.6 is 7.82 Å². The number of hydrogen-bond acceptors (Lipinski definition) is 4. The molecule has 0 aliphatic rings. The molecule has 0 saturated carbocycles. The van der Waals surface area contributed by atoms with Crippen molar-refractivity contribution < 1.29 is 41.6 Å². The fraction of sp³-hybridized carbons (Fsp3) is 0. The van der Waals surface area contributed by atoms with E-state index in [1.54, 1.807) is 0 Å². The van der Waals surface area contributed by atoms with Crippen molar-refractivity contribution in [1.29, 1.82) is 0 Å². The fourth-order valence-electron chi connectivity index (χ4n) is 0. The first kappa shape index (κ1) is 22.5. The third kappa shape index (κ3) is 90.2. The molecule has 0 rings (SSSR count). The Labute approximate surface area is 89.1 Å². The van der Waals surface area contributed by atoms with E-state index in [0.29, 0.717) is 0 Å². The van der Waals surface area contributed by atoms with Crippen LogP contribution in [0.1, 0.15) is 0 Å². The van der Waals surface area contributed by atoms with E-state index in [1.165, 1.54) is 0 Å². The van der Waals surface area contributed by atoms with Gasteiger partial charge in [-0.25, -0.2) is 0 Å². The molecule has 1 radical (unpaired) electrons. The number of phosphoric acid groups is 1. The molecule has 0 aromatic heterocycles. The van der Waals surface area contributed by atoms with Crippen molar-refractivity contribution in [3.8, 4) is 0 Å². The van der Waals surface area contributed by atoms with Crippen LogP contribution in [-0.2, 0) is 26.9 Å². The summed E-state index contributed by atoms with van der Waals surface area (Å²) >= 11 is 0. The standard InChI is InChI=1S/Ag.Al.Mg.H3O4P.2H/c;;;1-5(2,3)4;;/h;;;(H3,1,2,3,4);;/q;+3;;;;/p-3. The van der Waals surface area contributed by atoms with Gasteiger partial charge in [-0.3, -0.25) is 0 Å². The van der Waals surface area contributed by atoms with Crippen LogP contribution < -0.4 is 14.7 Å². The SMILES string of the molecule is O=P([O-])([O-])[O-].[Ag].[Al+3].[MgH2]. The van der Waals surface area contributed by atoms with E-state index in [9.17, 15) is 0 Å². The van der Waals surface area contributed by atoms with Gasteiger partial charge in [0.25, 0.3) is 0 Å². The second-order valence-corrected chi connectivity index (χ2v) is 1.34. The monoisotopic (exact) mass is 255 g/mol. The number of rotatable bonds is 0. The Morgan fingerprint density at radius 1 is 1.12 bits per heavy atom. The molecule has 8 heteroatoms. The quantitative estimate of drug-likeness (QED) is 0.325. The van der Waals surface area contributed by atoms with E-state index in [-0.39, 0.29) is 62.8 Å². The van der Waals surface area contributed by atoms with Gasteiger partial charge in [-0.2, -0.15) is 7.82 Å². The molecular formula is H2AgAlMgO4P. The molecule has 47 valence electrons. The molecule has 0 unspecified atom stereocenters. The molecule has 0 N–H and O–H groups in total. The van der Waals surface area contributed by atoms with E-state index in [1.807, 2.05) is 0 Å². The van der Waals surface area contributed by atoms with Crippen LogP contribution in [0.5, 0.6) is 0 Å². The predicted octanol–water partition coefficient (Wildman–Crippen LogP) is -4.12. The molecule has 4 nitrogen and oxygen atoms in total. The molecule has 0 bridgehead atoms. The maximum Gasteiger partial charge on any atom is 3.00 e. The van der Waals surface area contributed by atoms with Gasteiger partial charge in [0.2, 0.25) is 0 Å². The van der Waals surface area contributed by atoms with E-state index < -0.39 is 7.82 Å². The largest absolute Gasteiger partial charge is 3.00 e. The first-order chi connectivity index (χ1) is 2.00. The Morgan fingerprint density at radius 2 is 1.12 bits per heavy atom. The van der Waals surface area contributed by atoms with Crippen molar-refractivity contribution in [3.05, 3.63) is 0 Å². The second-order valence-electron chi connectivity index (χ2n) is 0.447. The van der Waals surface area contributed by atoms with Crippen molar-refractivity contribution in [1.82, 2.24) is 0 Å². The summed E-state index contributed by atoms with van der Waals surface area (Å²) in [6.45, 7) is 0. The normalized spacial score (nSPS) is 7.38. The third-order valence-corrected chi connectivity index (χ3v) is 0. The molecule has 0 fully saturated rings. The fourth-order valence-corrected chi connectivity index (χ4v) is 0. The first-order valence-corrected chi connectivity index (χ1v) is 2.19. The van der Waals surface area contributed by atoms with E-state index >= 15 is 0 Å². The molecule has 0 amide bonds. The van der Waals surface area contributed by atoms with E-state index in [0.717, 1.165) is 0 Å². The van der Waals surface area contributed by atoms with Crippen molar-refractivity contribution in [2.75, 3.05) is 0 Å². The zero-order valence-electron chi connectivity index (χ0n) is 2.96. The van der Waals surface area contributed by atoms with Crippen LogP contribution in [-0.4, -0.2) is 40.4 Å². The average Bonchev–Trinajstić information content (AvgIpc) is 0.722. The molecule has 0 saturated heterocycles. The summed E-state index contributed by atoms with van der Waals surface area (Å²) in [5, 5.41) is 0. The summed E-state index contributed by atoms with van der Waals surface area (Å²) in [7, 11) is -5.39. The first-order valence-electron chi connectivity index (χ1n) is 0.730. The summed E-state index contributed by atoms with van der Waals surface area (Å²) in [6.07, 6.45) is 0. The van der Waals surface area contributed by atoms with Gasteiger partial charge < -0.3 is 19.2 Å². The summed E-state index contributed by atoms with van der Waals surface area (Å²) in [5.74, 6) is 0. The van der Waals surface area contributed by atoms with Crippen molar-refractivity contribution in [2.45, 2.75) is 0 Å². The number of hydrogen-bond donors (Lipinski definition) is 0. The van der Waals surface area contributed by atoms with Gasteiger partial charge in [-0.05, 0) is 0 Å². The van der Waals surface area contributed by atoms with Crippen LogP contribution in [0, 0.1) is 0 Å². The maximum atomic E-state index is 8.55. The third-order valence-electron chi connectivity index (χ3n) is 0. The molecule has 0 aliphatic heterocycles. The predicted molar refractivity (Wildman–Crippen MR) is 21.9 cm³/mol. The van der Waals surface area contributed by atoms with Crippen LogP contribution in [0.3, 0.4) is 0 Å². The van der Waals surface area contributed by atoms with Crippen molar-refractivity contribution in [3.63, 3.8) is 0 Å². The zero-order chi connectivity index (χ0) is 4.50.